The zero-order valence-corrected chi connectivity index (χ0v) is 5.04. The van der Waals surface area contributed by atoms with Crippen molar-refractivity contribution in [3.8, 4) is 0 Å². The molecular formula is C7H7N2. The first-order valence-corrected chi connectivity index (χ1v) is 3.07. The summed E-state index contributed by atoms with van der Waals surface area (Å²) in [4.78, 5) is 4.04. The molecule has 0 aromatic carbocycles. The van der Waals surface area contributed by atoms with Crippen molar-refractivity contribution in [3.05, 3.63) is 24.3 Å². The minimum atomic E-state index is 1.06. The van der Waals surface area contributed by atoms with E-state index in [0.29, 0.717) is 0 Å². The third-order valence-electron chi connectivity index (χ3n) is 1.49. The highest BCUT2D eigenvalue weighted by Gasteiger charge is 2.01. The fraction of sp³-hybridized carbons (Fsp3) is 0.286. The molecule has 1 aliphatic rings. The number of hydrogen-bond acceptors (Lipinski definition) is 1. The summed E-state index contributed by atoms with van der Waals surface area (Å²) in [5.41, 5.74) is 0. The van der Waals surface area contributed by atoms with E-state index in [4.69, 9.17) is 0 Å². The minimum Gasteiger partial charge on any atom is -0.310 e. The molecule has 0 atom stereocenters. The summed E-state index contributed by atoms with van der Waals surface area (Å²) in [6.45, 7) is 0. The summed E-state index contributed by atoms with van der Waals surface area (Å²) in [6.07, 6.45) is 11.0. The highest BCUT2D eigenvalue weighted by atomic mass is 15.0. The zero-order chi connectivity index (χ0) is 6.10. The average Bonchev–Trinajstić information content (AvgIpc) is 2.33. The standard InChI is InChI=1S/C7H7N2/c1-2-5-9-6-4-8-7(9)3-1/h2,5-6H,1,3H2. The first kappa shape index (κ1) is 4.79. The van der Waals surface area contributed by atoms with Gasteiger partial charge in [0, 0.05) is 18.8 Å². The third-order valence-corrected chi connectivity index (χ3v) is 1.49. The van der Waals surface area contributed by atoms with Crippen molar-refractivity contribution in [2.24, 2.45) is 0 Å². The molecule has 1 aromatic rings. The molecule has 2 heterocycles. The lowest BCUT2D eigenvalue weighted by molar-refractivity contribution is 0.837. The van der Waals surface area contributed by atoms with Crippen LogP contribution in [0.25, 0.3) is 6.20 Å². The molecular weight excluding hydrogens is 112 g/mol. The van der Waals surface area contributed by atoms with E-state index in [1.165, 1.54) is 0 Å². The first-order chi connectivity index (χ1) is 4.47. The van der Waals surface area contributed by atoms with Gasteiger partial charge < -0.3 is 4.57 Å². The quantitative estimate of drug-likeness (QED) is 0.500. The second-order valence-corrected chi connectivity index (χ2v) is 2.12. The molecule has 0 spiro atoms. The molecule has 1 aromatic heterocycles. The Balaban J connectivity index is 2.53. The van der Waals surface area contributed by atoms with Crippen LogP contribution in [0.3, 0.4) is 0 Å². The number of imidazole rings is 1. The Morgan fingerprint density at radius 2 is 2.67 bits per heavy atom. The van der Waals surface area contributed by atoms with Crippen LogP contribution < -0.4 is 0 Å². The van der Waals surface area contributed by atoms with Gasteiger partial charge in [-0.15, -0.1) is 0 Å². The second kappa shape index (κ2) is 1.72. The molecule has 1 radical (unpaired) electrons. The number of nitrogens with zero attached hydrogens (tertiary/aromatic N) is 2. The molecule has 0 aliphatic carbocycles. The van der Waals surface area contributed by atoms with Crippen molar-refractivity contribution < 1.29 is 0 Å². The molecule has 1 aliphatic heterocycles. The van der Waals surface area contributed by atoms with Crippen LogP contribution in [0.4, 0.5) is 0 Å². The summed E-state index contributed by atoms with van der Waals surface area (Å²) < 4.78 is 2.00. The van der Waals surface area contributed by atoms with Crippen molar-refractivity contribution in [2.75, 3.05) is 0 Å². The van der Waals surface area contributed by atoms with Gasteiger partial charge in [-0.2, -0.15) is 0 Å². The van der Waals surface area contributed by atoms with E-state index < -0.39 is 0 Å². The van der Waals surface area contributed by atoms with Gasteiger partial charge in [0.05, 0.1) is 0 Å². The number of rotatable bonds is 0. The molecule has 0 saturated carbocycles. The molecule has 2 rings (SSSR count). The largest absolute Gasteiger partial charge is 0.310 e. The summed E-state index contributed by atoms with van der Waals surface area (Å²) in [7, 11) is 0. The molecule has 45 valence electrons. The van der Waals surface area contributed by atoms with Crippen LogP contribution in [-0.4, -0.2) is 9.55 Å². The van der Waals surface area contributed by atoms with E-state index in [0.717, 1.165) is 18.7 Å². The predicted octanol–water partition coefficient (Wildman–Crippen LogP) is 1.10. The number of allylic oxidation sites excluding steroid dienone is 1. The van der Waals surface area contributed by atoms with Crippen LogP contribution in [0, 0.1) is 6.20 Å². The monoisotopic (exact) mass is 119 g/mol. The van der Waals surface area contributed by atoms with Gasteiger partial charge in [-0.25, -0.2) is 4.98 Å². The van der Waals surface area contributed by atoms with Gasteiger partial charge in [-0.05, 0) is 6.42 Å². The van der Waals surface area contributed by atoms with Gasteiger partial charge in [0.2, 0.25) is 0 Å². The van der Waals surface area contributed by atoms with Gasteiger partial charge in [0.1, 0.15) is 12.0 Å². The molecule has 0 N–H and O–H groups in total. The number of hydrogen-bond donors (Lipinski definition) is 0. The lowest BCUT2D eigenvalue weighted by Crippen LogP contribution is -1.99. The highest BCUT2D eigenvalue weighted by molar-refractivity contribution is 5.27. The Kier molecular flexibility index (Phi) is 0.918. The lowest BCUT2D eigenvalue weighted by atomic mass is 10.2. The van der Waals surface area contributed by atoms with Crippen LogP contribution in [-0.2, 0) is 6.42 Å². The highest BCUT2D eigenvalue weighted by Crippen LogP contribution is 2.07. The van der Waals surface area contributed by atoms with Gasteiger partial charge in [0.15, 0.2) is 0 Å². The van der Waals surface area contributed by atoms with E-state index in [1.54, 1.807) is 0 Å². The Labute approximate surface area is 53.8 Å². The summed E-state index contributed by atoms with van der Waals surface area (Å²) in [6, 6.07) is 0. The average molecular weight is 119 g/mol. The SMILES string of the molecule is [c]1cn2c(n1)CCC=C2. The Hall–Kier alpha value is -1.05. The lowest BCUT2D eigenvalue weighted by Gasteiger charge is -2.04. The summed E-state index contributed by atoms with van der Waals surface area (Å²) >= 11 is 0. The van der Waals surface area contributed by atoms with Gasteiger partial charge >= 0.3 is 0 Å². The maximum atomic E-state index is 4.04. The number of aryl methyl sites for hydroxylation is 1. The predicted molar refractivity (Wildman–Crippen MR) is 34.7 cm³/mol. The van der Waals surface area contributed by atoms with E-state index >= 15 is 0 Å². The van der Waals surface area contributed by atoms with E-state index in [9.17, 15) is 0 Å². The van der Waals surface area contributed by atoms with Crippen LogP contribution >= 0.6 is 0 Å². The van der Waals surface area contributed by atoms with E-state index in [1.807, 2.05) is 17.0 Å². The maximum absolute atomic E-state index is 4.04. The molecule has 2 nitrogen and oxygen atoms in total. The van der Waals surface area contributed by atoms with E-state index in [2.05, 4.69) is 17.3 Å². The molecule has 0 unspecified atom stereocenters. The minimum absolute atomic E-state index is 1.06. The normalized spacial score (nSPS) is 15.6. The number of fused-ring (bicyclic) bond motifs is 1. The number of aromatic nitrogens is 2. The Bertz CT molecular complexity index is 235. The fourth-order valence-electron chi connectivity index (χ4n) is 1.01. The molecule has 0 amide bonds. The third kappa shape index (κ3) is 0.669. The van der Waals surface area contributed by atoms with Crippen molar-refractivity contribution in [3.63, 3.8) is 0 Å². The van der Waals surface area contributed by atoms with Gasteiger partial charge in [0.25, 0.3) is 0 Å². The van der Waals surface area contributed by atoms with Crippen molar-refractivity contribution >= 4 is 6.20 Å². The summed E-state index contributed by atoms with van der Waals surface area (Å²) in [5, 5.41) is 0. The molecule has 0 saturated heterocycles. The van der Waals surface area contributed by atoms with Crippen molar-refractivity contribution in [1.29, 1.82) is 0 Å². The van der Waals surface area contributed by atoms with Gasteiger partial charge in [-0.1, -0.05) is 6.08 Å². The second-order valence-electron chi connectivity index (χ2n) is 2.12. The van der Waals surface area contributed by atoms with Crippen LogP contribution in [0.5, 0.6) is 0 Å². The first-order valence-electron chi connectivity index (χ1n) is 3.07. The van der Waals surface area contributed by atoms with Crippen LogP contribution in [0.2, 0.25) is 0 Å². The zero-order valence-electron chi connectivity index (χ0n) is 5.04. The molecule has 0 bridgehead atoms. The van der Waals surface area contributed by atoms with Crippen molar-refractivity contribution in [2.45, 2.75) is 12.8 Å². The van der Waals surface area contributed by atoms with Crippen LogP contribution in [0.1, 0.15) is 12.2 Å². The summed E-state index contributed by atoms with van der Waals surface area (Å²) in [5.74, 6) is 1.12. The Morgan fingerprint density at radius 1 is 1.67 bits per heavy atom. The molecule has 2 heteroatoms. The van der Waals surface area contributed by atoms with E-state index in [-0.39, 0.29) is 0 Å². The topological polar surface area (TPSA) is 17.8 Å². The smallest absolute Gasteiger partial charge is 0.113 e. The molecule has 0 fully saturated rings. The fourth-order valence-corrected chi connectivity index (χ4v) is 1.01. The van der Waals surface area contributed by atoms with Gasteiger partial charge in [-0.3, -0.25) is 0 Å². The van der Waals surface area contributed by atoms with Crippen LogP contribution in [0.15, 0.2) is 12.3 Å². The molecule has 9 heavy (non-hydrogen) atoms. The van der Waals surface area contributed by atoms with Crippen molar-refractivity contribution in [1.82, 2.24) is 9.55 Å². The maximum Gasteiger partial charge on any atom is 0.113 e. The Morgan fingerprint density at radius 3 is 3.56 bits per heavy atom.